The van der Waals surface area contributed by atoms with Crippen LogP contribution in [-0.2, 0) is 4.74 Å². The van der Waals surface area contributed by atoms with Gasteiger partial charge in [-0.05, 0) is 12.1 Å². The molecule has 1 unspecified atom stereocenters. The quantitative estimate of drug-likeness (QED) is 0.748. The van der Waals surface area contributed by atoms with Crippen LogP contribution < -0.4 is 5.32 Å². The molecule has 1 amide bonds. The number of amides is 1. The molecule has 1 aromatic rings. The maximum Gasteiger partial charge on any atom is 0.407 e. The van der Waals surface area contributed by atoms with Gasteiger partial charge in [0, 0.05) is 10.6 Å². The van der Waals surface area contributed by atoms with Gasteiger partial charge in [0.1, 0.15) is 11.9 Å². The first-order valence-corrected chi connectivity index (χ1v) is 4.47. The van der Waals surface area contributed by atoms with Crippen LogP contribution in [0.4, 0.5) is 4.79 Å². The summed E-state index contributed by atoms with van der Waals surface area (Å²) in [6.45, 7) is 0.369. The lowest BCUT2D eigenvalue weighted by molar-refractivity contribution is 0.139. The zero-order valence-electron chi connectivity index (χ0n) is 7.16. The van der Waals surface area contributed by atoms with Gasteiger partial charge in [0.05, 0.1) is 6.54 Å². The molecule has 1 heterocycles. The van der Waals surface area contributed by atoms with Gasteiger partial charge < -0.3 is 15.2 Å². The summed E-state index contributed by atoms with van der Waals surface area (Å²) in [5.74, 6) is 0.0407. The number of ether oxygens (including phenoxy) is 1. The molecule has 1 aliphatic rings. The van der Waals surface area contributed by atoms with Crippen LogP contribution in [0.3, 0.4) is 0 Å². The van der Waals surface area contributed by atoms with Crippen LogP contribution in [0.15, 0.2) is 18.2 Å². The molecule has 1 atom stereocenters. The first-order chi connectivity index (χ1) is 6.66. The summed E-state index contributed by atoms with van der Waals surface area (Å²) in [4.78, 5) is 10.8. The van der Waals surface area contributed by atoms with Crippen molar-refractivity contribution in [1.82, 2.24) is 5.32 Å². The second kappa shape index (κ2) is 3.38. The summed E-state index contributed by atoms with van der Waals surface area (Å²) in [7, 11) is 0. The molecule has 0 saturated carbocycles. The summed E-state index contributed by atoms with van der Waals surface area (Å²) < 4.78 is 4.91. The summed E-state index contributed by atoms with van der Waals surface area (Å²) >= 11 is 5.67. The van der Waals surface area contributed by atoms with Crippen LogP contribution >= 0.6 is 11.6 Å². The molecule has 1 saturated heterocycles. The molecule has 2 rings (SSSR count). The van der Waals surface area contributed by atoms with E-state index in [0.29, 0.717) is 17.1 Å². The number of benzene rings is 1. The van der Waals surface area contributed by atoms with E-state index in [9.17, 15) is 9.90 Å². The van der Waals surface area contributed by atoms with Crippen LogP contribution in [0, 0.1) is 0 Å². The van der Waals surface area contributed by atoms with E-state index in [2.05, 4.69) is 5.32 Å². The molecular weight excluding hydrogens is 206 g/mol. The maximum absolute atomic E-state index is 10.8. The fourth-order valence-electron chi connectivity index (χ4n) is 1.35. The van der Waals surface area contributed by atoms with Gasteiger partial charge in [0.2, 0.25) is 0 Å². The maximum atomic E-state index is 10.8. The van der Waals surface area contributed by atoms with Crippen molar-refractivity contribution in [2.45, 2.75) is 6.10 Å². The van der Waals surface area contributed by atoms with Crippen molar-refractivity contribution in [2.75, 3.05) is 6.54 Å². The van der Waals surface area contributed by atoms with E-state index >= 15 is 0 Å². The second-order valence-corrected chi connectivity index (χ2v) is 3.41. The summed E-state index contributed by atoms with van der Waals surface area (Å²) in [6, 6.07) is 4.70. The largest absolute Gasteiger partial charge is 0.507 e. The fourth-order valence-corrected chi connectivity index (χ4v) is 1.52. The Labute approximate surface area is 85.4 Å². The average molecular weight is 214 g/mol. The predicted octanol–water partition coefficient (Wildman–Crippen LogP) is 1.83. The number of carbonyl (C=O) groups excluding carboxylic acids is 1. The zero-order valence-corrected chi connectivity index (χ0v) is 7.91. The summed E-state index contributed by atoms with van der Waals surface area (Å²) in [6.07, 6.45) is -0.899. The Hall–Kier alpha value is -1.42. The number of rotatable bonds is 1. The minimum Gasteiger partial charge on any atom is -0.507 e. The Morgan fingerprint density at radius 1 is 1.57 bits per heavy atom. The highest BCUT2D eigenvalue weighted by atomic mass is 35.5. The Balaban J connectivity index is 2.28. The summed E-state index contributed by atoms with van der Waals surface area (Å²) in [5, 5.41) is 12.5. The Morgan fingerprint density at radius 3 is 2.93 bits per heavy atom. The standard InChI is InChI=1S/C9H8ClNO3/c10-5-1-2-6(7(12)3-5)8-4-11-9(13)14-8/h1-3,8,12H,4H2,(H,11,13). The number of nitrogens with one attached hydrogen (secondary N) is 1. The van der Waals surface area contributed by atoms with Gasteiger partial charge in [0.25, 0.3) is 0 Å². The number of hydrogen-bond donors (Lipinski definition) is 2. The highest BCUT2D eigenvalue weighted by Crippen LogP contribution is 2.30. The lowest BCUT2D eigenvalue weighted by atomic mass is 10.1. The number of halogens is 1. The highest BCUT2D eigenvalue weighted by molar-refractivity contribution is 6.30. The van der Waals surface area contributed by atoms with Crippen LogP contribution in [0.5, 0.6) is 5.75 Å². The monoisotopic (exact) mass is 213 g/mol. The molecule has 0 radical (unpaired) electrons. The highest BCUT2D eigenvalue weighted by Gasteiger charge is 2.26. The minimum absolute atomic E-state index is 0.0407. The minimum atomic E-state index is -0.468. The van der Waals surface area contributed by atoms with Gasteiger partial charge in [0.15, 0.2) is 0 Å². The SMILES string of the molecule is O=C1NCC(c2ccc(Cl)cc2O)O1. The van der Waals surface area contributed by atoms with Crippen LogP contribution in [-0.4, -0.2) is 17.7 Å². The molecule has 0 aliphatic carbocycles. The van der Waals surface area contributed by atoms with Gasteiger partial charge >= 0.3 is 6.09 Å². The van der Waals surface area contributed by atoms with Crippen LogP contribution in [0.1, 0.15) is 11.7 Å². The number of phenols is 1. The van der Waals surface area contributed by atoms with Gasteiger partial charge in [-0.25, -0.2) is 4.79 Å². The number of hydrogen-bond acceptors (Lipinski definition) is 3. The smallest absolute Gasteiger partial charge is 0.407 e. The van der Waals surface area contributed by atoms with E-state index in [1.807, 2.05) is 0 Å². The zero-order chi connectivity index (χ0) is 10.1. The van der Waals surface area contributed by atoms with E-state index in [1.54, 1.807) is 12.1 Å². The van der Waals surface area contributed by atoms with E-state index in [-0.39, 0.29) is 5.75 Å². The van der Waals surface area contributed by atoms with Gasteiger partial charge in [-0.3, -0.25) is 0 Å². The van der Waals surface area contributed by atoms with Crippen molar-refractivity contribution in [3.8, 4) is 5.75 Å². The van der Waals surface area contributed by atoms with Gasteiger partial charge in [-0.1, -0.05) is 17.7 Å². The second-order valence-electron chi connectivity index (χ2n) is 2.98. The molecule has 4 nitrogen and oxygen atoms in total. The molecule has 1 fully saturated rings. The number of phenolic OH excluding ortho intramolecular Hbond substituents is 1. The molecule has 0 aromatic heterocycles. The van der Waals surface area contributed by atoms with Crippen molar-refractivity contribution in [3.05, 3.63) is 28.8 Å². The third-order valence-electron chi connectivity index (χ3n) is 2.02. The normalized spacial score (nSPS) is 20.4. The van der Waals surface area contributed by atoms with Crippen LogP contribution in [0.25, 0.3) is 0 Å². The Morgan fingerprint density at radius 2 is 2.36 bits per heavy atom. The third kappa shape index (κ3) is 1.61. The number of cyclic esters (lactones) is 1. The fraction of sp³-hybridized carbons (Fsp3) is 0.222. The number of alkyl carbamates (subject to hydrolysis) is 1. The molecule has 0 spiro atoms. The van der Waals surface area contributed by atoms with Gasteiger partial charge in [-0.2, -0.15) is 0 Å². The third-order valence-corrected chi connectivity index (χ3v) is 2.26. The van der Waals surface area contributed by atoms with Crippen molar-refractivity contribution in [2.24, 2.45) is 0 Å². The Bertz CT molecular complexity index is 380. The van der Waals surface area contributed by atoms with E-state index in [4.69, 9.17) is 16.3 Å². The molecule has 2 N–H and O–H groups in total. The van der Waals surface area contributed by atoms with Crippen LogP contribution in [0.2, 0.25) is 5.02 Å². The molecule has 74 valence electrons. The lowest BCUT2D eigenvalue weighted by Crippen LogP contribution is -2.12. The number of carbonyl (C=O) groups is 1. The molecular formula is C9H8ClNO3. The summed E-state index contributed by atoms with van der Waals surface area (Å²) in [5.41, 5.74) is 0.563. The van der Waals surface area contributed by atoms with E-state index < -0.39 is 12.2 Å². The van der Waals surface area contributed by atoms with Crippen molar-refractivity contribution in [1.29, 1.82) is 0 Å². The average Bonchev–Trinajstić information content (AvgIpc) is 2.51. The van der Waals surface area contributed by atoms with E-state index in [1.165, 1.54) is 6.07 Å². The molecule has 0 bridgehead atoms. The van der Waals surface area contributed by atoms with E-state index in [0.717, 1.165) is 0 Å². The van der Waals surface area contributed by atoms with Crippen molar-refractivity contribution < 1.29 is 14.6 Å². The van der Waals surface area contributed by atoms with Crippen molar-refractivity contribution in [3.63, 3.8) is 0 Å². The molecule has 5 heteroatoms. The topological polar surface area (TPSA) is 58.6 Å². The van der Waals surface area contributed by atoms with Crippen molar-refractivity contribution >= 4 is 17.7 Å². The number of aromatic hydroxyl groups is 1. The Kier molecular flexibility index (Phi) is 2.21. The van der Waals surface area contributed by atoms with Gasteiger partial charge in [-0.15, -0.1) is 0 Å². The molecule has 1 aromatic carbocycles. The first-order valence-electron chi connectivity index (χ1n) is 4.10. The molecule has 14 heavy (non-hydrogen) atoms. The lowest BCUT2D eigenvalue weighted by Gasteiger charge is -2.09. The molecule has 1 aliphatic heterocycles. The first kappa shape index (κ1) is 9.15. The predicted molar refractivity (Wildman–Crippen MR) is 50.3 cm³/mol.